The maximum atomic E-state index is 12.9. The molecular formula is C16H14ClF3N2O4. The highest BCUT2D eigenvalue weighted by Gasteiger charge is 2.36. The Balaban J connectivity index is 2.29. The average molecular weight is 391 g/mol. The average Bonchev–Trinajstić information content (AvgIpc) is 2.58. The molecule has 26 heavy (non-hydrogen) atoms. The zero-order valence-corrected chi connectivity index (χ0v) is 14.1. The van der Waals surface area contributed by atoms with Gasteiger partial charge in [-0.2, -0.15) is 13.2 Å². The van der Waals surface area contributed by atoms with Crippen LogP contribution in [0.5, 0.6) is 5.75 Å². The predicted octanol–water partition coefficient (Wildman–Crippen LogP) is 4.42. The first kappa shape index (κ1) is 19.8. The number of ether oxygens (including phenoxy) is 1. The van der Waals surface area contributed by atoms with E-state index in [1.165, 1.54) is 7.11 Å². The third-order valence-corrected chi connectivity index (χ3v) is 3.88. The Kier molecular flexibility index (Phi) is 5.94. The third-order valence-electron chi connectivity index (χ3n) is 3.57. The number of rotatable bonds is 6. The predicted molar refractivity (Wildman–Crippen MR) is 89.6 cm³/mol. The van der Waals surface area contributed by atoms with Crippen molar-refractivity contribution in [1.29, 1.82) is 0 Å². The smallest absolute Gasteiger partial charge is 0.418 e. The van der Waals surface area contributed by atoms with Gasteiger partial charge in [0.2, 0.25) is 0 Å². The number of nitro benzene ring substituents is 1. The summed E-state index contributed by atoms with van der Waals surface area (Å²) in [5.41, 5.74) is -1.92. The van der Waals surface area contributed by atoms with Gasteiger partial charge in [0.1, 0.15) is 11.4 Å². The summed E-state index contributed by atoms with van der Waals surface area (Å²) in [6, 6.07) is 7.76. The van der Waals surface area contributed by atoms with E-state index in [4.69, 9.17) is 16.3 Å². The first-order valence-electron chi connectivity index (χ1n) is 7.25. The lowest BCUT2D eigenvalue weighted by atomic mass is 10.1. The highest BCUT2D eigenvalue weighted by molar-refractivity contribution is 6.31. The van der Waals surface area contributed by atoms with Gasteiger partial charge in [-0.05, 0) is 12.1 Å². The number of nitro groups is 1. The number of methoxy groups -OCH3 is 1. The third kappa shape index (κ3) is 4.36. The van der Waals surface area contributed by atoms with Crippen molar-refractivity contribution in [3.8, 4) is 5.75 Å². The Morgan fingerprint density at radius 2 is 2.00 bits per heavy atom. The first-order chi connectivity index (χ1) is 12.1. The van der Waals surface area contributed by atoms with Crippen LogP contribution in [-0.4, -0.2) is 23.7 Å². The maximum absolute atomic E-state index is 12.9. The lowest BCUT2D eigenvalue weighted by Crippen LogP contribution is -2.15. The molecule has 0 spiro atoms. The normalized spacial score (nSPS) is 12.5. The van der Waals surface area contributed by atoms with Crippen LogP contribution in [0.4, 0.5) is 24.5 Å². The van der Waals surface area contributed by atoms with Crippen LogP contribution in [0.15, 0.2) is 36.4 Å². The topological polar surface area (TPSA) is 84.6 Å². The molecule has 0 saturated carbocycles. The Morgan fingerprint density at radius 3 is 2.58 bits per heavy atom. The molecule has 1 atom stereocenters. The number of hydrogen-bond donors (Lipinski definition) is 2. The molecule has 0 heterocycles. The van der Waals surface area contributed by atoms with E-state index in [0.29, 0.717) is 17.4 Å². The summed E-state index contributed by atoms with van der Waals surface area (Å²) in [5.74, 6) is 0.404. The standard InChI is InChI=1S/C16H14ClF3N2O4/c1-26-15-5-3-2-4-9(15)14(23)8-21-12-7-11(17)10(16(18,19)20)6-13(12)22(24)25/h2-7,14,21,23H,8H2,1H3. The van der Waals surface area contributed by atoms with Crippen LogP contribution in [0.2, 0.25) is 5.02 Å². The van der Waals surface area contributed by atoms with E-state index in [9.17, 15) is 28.4 Å². The van der Waals surface area contributed by atoms with Crippen molar-refractivity contribution in [3.05, 3.63) is 62.7 Å². The molecule has 2 aromatic carbocycles. The number of halogens is 4. The van der Waals surface area contributed by atoms with Crippen molar-refractivity contribution in [2.75, 3.05) is 19.0 Å². The van der Waals surface area contributed by atoms with E-state index in [-0.39, 0.29) is 12.2 Å². The van der Waals surface area contributed by atoms with Gasteiger partial charge >= 0.3 is 6.18 Å². The van der Waals surface area contributed by atoms with E-state index in [1.54, 1.807) is 24.3 Å². The van der Waals surface area contributed by atoms with Gasteiger partial charge in [0.15, 0.2) is 0 Å². The molecule has 0 bridgehead atoms. The minimum absolute atomic E-state index is 0.205. The zero-order chi connectivity index (χ0) is 19.5. The van der Waals surface area contributed by atoms with Crippen LogP contribution in [-0.2, 0) is 6.18 Å². The lowest BCUT2D eigenvalue weighted by molar-refractivity contribution is -0.384. The van der Waals surface area contributed by atoms with Crippen LogP contribution in [0.1, 0.15) is 17.2 Å². The molecule has 6 nitrogen and oxygen atoms in total. The fourth-order valence-corrected chi connectivity index (χ4v) is 2.60. The summed E-state index contributed by atoms with van der Waals surface area (Å²) in [7, 11) is 1.42. The molecule has 0 aliphatic rings. The Hall–Kier alpha value is -2.52. The second kappa shape index (κ2) is 7.79. The number of alkyl halides is 3. The van der Waals surface area contributed by atoms with Crippen molar-refractivity contribution in [2.24, 2.45) is 0 Å². The summed E-state index contributed by atoms with van der Waals surface area (Å²) >= 11 is 5.61. The van der Waals surface area contributed by atoms with Crippen LogP contribution >= 0.6 is 11.6 Å². The molecule has 0 aliphatic carbocycles. The molecule has 2 rings (SSSR count). The zero-order valence-electron chi connectivity index (χ0n) is 13.4. The number of para-hydroxylation sites is 1. The molecule has 140 valence electrons. The van der Waals surface area contributed by atoms with Crippen LogP contribution in [0, 0.1) is 10.1 Å². The minimum Gasteiger partial charge on any atom is -0.496 e. The molecule has 0 amide bonds. The van der Waals surface area contributed by atoms with Gasteiger partial charge in [-0.3, -0.25) is 10.1 Å². The van der Waals surface area contributed by atoms with Crippen molar-refractivity contribution in [1.82, 2.24) is 0 Å². The molecule has 0 aliphatic heterocycles. The molecule has 0 radical (unpaired) electrons. The molecule has 0 aromatic heterocycles. The van der Waals surface area contributed by atoms with Gasteiger partial charge in [-0.25, -0.2) is 0 Å². The highest BCUT2D eigenvalue weighted by Crippen LogP contribution is 2.40. The van der Waals surface area contributed by atoms with Crippen LogP contribution in [0.25, 0.3) is 0 Å². The molecule has 10 heteroatoms. The first-order valence-corrected chi connectivity index (χ1v) is 7.63. The van der Waals surface area contributed by atoms with Crippen molar-refractivity contribution < 1.29 is 27.9 Å². The Bertz CT molecular complexity index is 815. The van der Waals surface area contributed by atoms with E-state index >= 15 is 0 Å². The van der Waals surface area contributed by atoms with Crippen molar-refractivity contribution >= 4 is 23.0 Å². The molecule has 2 N–H and O–H groups in total. The maximum Gasteiger partial charge on any atom is 0.418 e. The highest BCUT2D eigenvalue weighted by atomic mass is 35.5. The Labute approximate surface area is 151 Å². The van der Waals surface area contributed by atoms with Gasteiger partial charge < -0.3 is 15.2 Å². The summed E-state index contributed by atoms with van der Waals surface area (Å²) in [5, 5.41) is 23.2. The number of benzene rings is 2. The van der Waals surface area contributed by atoms with E-state index in [2.05, 4.69) is 5.32 Å². The van der Waals surface area contributed by atoms with E-state index in [1.807, 2.05) is 0 Å². The molecule has 0 fully saturated rings. The summed E-state index contributed by atoms with van der Waals surface area (Å²) in [6.07, 6.45) is -5.94. The van der Waals surface area contributed by atoms with Crippen LogP contribution < -0.4 is 10.1 Å². The number of hydrogen-bond acceptors (Lipinski definition) is 5. The Morgan fingerprint density at radius 1 is 1.35 bits per heavy atom. The molecule has 0 saturated heterocycles. The number of aliphatic hydroxyl groups is 1. The number of nitrogens with zero attached hydrogens (tertiary/aromatic N) is 1. The fraction of sp³-hybridized carbons (Fsp3) is 0.250. The molecule has 2 aromatic rings. The second-order valence-corrected chi connectivity index (χ2v) is 5.65. The summed E-state index contributed by atoms with van der Waals surface area (Å²) in [4.78, 5) is 10.1. The van der Waals surface area contributed by atoms with E-state index < -0.39 is 33.5 Å². The van der Waals surface area contributed by atoms with Crippen molar-refractivity contribution in [2.45, 2.75) is 12.3 Å². The lowest BCUT2D eigenvalue weighted by Gasteiger charge is -2.17. The van der Waals surface area contributed by atoms with Crippen molar-refractivity contribution in [3.63, 3.8) is 0 Å². The minimum atomic E-state index is -4.82. The van der Waals surface area contributed by atoms with Gasteiger partial charge in [0, 0.05) is 18.2 Å². The van der Waals surface area contributed by atoms with Gasteiger partial charge in [-0.1, -0.05) is 29.8 Å². The fourth-order valence-electron chi connectivity index (χ4n) is 2.33. The molecule has 1 unspecified atom stereocenters. The van der Waals surface area contributed by atoms with Gasteiger partial charge in [0.25, 0.3) is 5.69 Å². The SMILES string of the molecule is COc1ccccc1C(O)CNc1cc(Cl)c(C(F)(F)F)cc1[N+](=O)[O-]. The summed E-state index contributed by atoms with van der Waals surface area (Å²) < 4.78 is 43.7. The summed E-state index contributed by atoms with van der Waals surface area (Å²) in [6.45, 7) is -0.205. The van der Waals surface area contributed by atoms with E-state index in [0.717, 1.165) is 6.07 Å². The van der Waals surface area contributed by atoms with Crippen LogP contribution in [0.3, 0.4) is 0 Å². The number of aliphatic hydroxyl groups excluding tert-OH is 1. The number of anilines is 1. The largest absolute Gasteiger partial charge is 0.496 e. The quantitative estimate of drug-likeness (QED) is 0.563. The second-order valence-electron chi connectivity index (χ2n) is 5.24. The monoisotopic (exact) mass is 390 g/mol. The van der Waals surface area contributed by atoms with Gasteiger partial charge in [0.05, 0.1) is 28.7 Å². The van der Waals surface area contributed by atoms with Gasteiger partial charge in [-0.15, -0.1) is 0 Å². The molecular weight excluding hydrogens is 377 g/mol. The number of nitrogens with one attached hydrogen (secondary N) is 1.